The molecule has 0 spiro atoms. The van der Waals surface area contributed by atoms with Gasteiger partial charge >= 0.3 is 5.97 Å². The average Bonchev–Trinajstić information content (AvgIpc) is 2.58. The molecular weight excluding hydrogens is 332 g/mol. The van der Waals surface area contributed by atoms with Crippen molar-refractivity contribution in [2.24, 2.45) is 0 Å². The summed E-state index contributed by atoms with van der Waals surface area (Å²) in [4.78, 5) is 16.1. The van der Waals surface area contributed by atoms with E-state index >= 15 is 0 Å². The zero-order valence-corrected chi connectivity index (χ0v) is 15.7. The molecule has 1 atom stereocenters. The fourth-order valence-electron chi connectivity index (χ4n) is 3.06. The maximum atomic E-state index is 11.5. The molecule has 1 aliphatic rings. The number of nitrogens with one attached hydrogen (secondary N) is 1. The first kappa shape index (κ1) is 17.8. The monoisotopic (exact) mass is 356 g/mol. The number of para-hydroxylation sites is 1. The van der Waals surface area contributed by atoms with Gasteiger partial charge in [-0.15, -0.1) is 0 Å². The minimum atomic E-state index is -0.271. The van der Waals surface area contributed by atoms with E-state index in [2.05, 4.69) is 60.5 Å². The van der Waals surface area contributed by atoms with Crippen LogP contribution in [-0.4, -0.2) is 31.8 Å². The molecule has 1 N–H and O–H groups in total. The summed E-state index contributed by atoms with van der Waals surface area (Å²) in [6.45, 7) is 8.04. The third kappa shape index (κ3) is 4.35. The molecule has 132 valence electrons. The zero-order valence-electron chi connectivity index (χ0n) is 14.9. The molecule has 0 aliphatic carbocycles. The van der Waals surface area contributed by atoms with Gasteiger partial charge < -0.3 is 15.0 Å². The quantitative estimate of drug-likeness (QED) is 0.845. The van der Waals surface area contributed by atoms with Gasteiger partial charge in [-0.3, -0.25) is 4.79 Å². The van der Waals surface area contributed by atoms with E-state index in [1.54, 1.807) is 11.8 Å². The lowest BCUT2D eigenvalue weighted by Crippen LogP contribution is -2.53. The van der Waals surface area contributed by atoms with Crippen LogP contribution >= 0.6 is 11.8 Å². The molecule has 0 aromatic heterocycles. The molecule has 1 heterocycles. The Labute approximate surface area is 153 Å². The lowest BCUT2D eigenvalue weighted by atomic mass is 10.2. The summed E-state index contributed by atoms with van der Waals surface area (Å²) in [5.41, 5.74) is 3.66. The van der Waals surface area contributed by atoms with Crippen molar-refractivity contribution in [3.63, 3.8) is 0 Å². The van der Waals surface area contributed by atoms with E-state index in [9.17, 15) is 4.79 Å². The number of piperazine rings is 1. The lowest BCUT2D eigenvalue weighted by Gasteiger charge is -2.37. The maximum Gasteiger partial charge on any atom is 0.304 e. The van der Waals surface area contributed by atoms with Crippen LogP contribution < -0.4 is 10.2 Å². The van der Waals surface area contributed by atoms with Crippen molar-refractivity contribution < 1.29 is 9.53 Å². The number of hydrogen-bond acceptors (Lipinski definition) is 5. The molecule has 1 unspecified atom stereocenters. The molecule has 2 aromatic carbocycles. The van der Waals surface area contributed by atoms with Gasteiger partial charge in [0, 0.05) is 29.8 Å². The van der Waals surface area contributed by atoms with Crippen molar-refractivity contribution in [1.29, 1.82) is 0 Å². The summed E-state index contributed by atoms with van der Waals surface area (Å²) in [5.74, 6) is -0.252. The minimum Gasteiger partial charge on any atom is -0.440 e. The minimum absolute atomic E-state index is 0.252. The number of ether oxygens (including phenoxy) is 1. The van der Waals surface area contributed by atoms with Crippen molar-refractivity contribution in [3.05, 3.63) is 53.6 Å². The van der Waals surface area contributed by atoms with Gasteiger partial charge in [-0.25, -0.2) is 0 Å². The first-order chi connectivity index (χ1) is 12.0. The SMILES string of the molecule is CC(=O)OC1CNCCN1c1ccccc1Sc1ccc(C)cc1C. The molecule has 2 aromatic rings. The zero-order chi connectivity index (χ0) is 17.8. The summed E-state index contributed by atoms with van der Waals surface area (Å²) in [6.07, 6.45) is -0.271. The molecular formula is C20H24N2O2S. The molecule has 0 bridgehead atoms. The second-order valence-electron chi connectivity index (χ2n) is 6.30. The fourth-order valence-corrected chi connectivity index (χ4v) is 4.09. The van der Waals surface area contributed by atoms with Crippen molar-refractivity contribution in [1.82, 2.24) is 5.32 Å². The maximum absolute atomic E-state index is 11.5. The highest BCUT2D eigenvalue weighted by molar-refractivity contribution is 7.99. The predicted octanol–water partition coefficient (Wildman–Crippen LogP) is 3.75. The Bertz CT molecular complexity index is 763. The fraction of sp³-hybridized carbons (Fsp3) is 0.350. The Hall–Kier alpha value is -1.98. The highest BCUT2D eigenvalue weighted by Gasteiger charge is 2.26. The van der Waals surface area contributed by atoms with Gasteiger partial charge in [0.2, 0.25) is 0 Å². The number of rotatable bonds is 4. The van der Waals surface area contributed by atoms with Crippen LogP contribution in [0.3, 0.4) is 0 Å². The Morgan fingerprint density at radius 2 is 2.00 bits per heavy atom. The second kappa shape index (κ2) is 7.93. The van der Waals surface area contributed by atoms with Crippen LogP contribution in [0.25, 0.3) is 0 Å². The van der Waals surface area contributed by atoms with E-state index in [0.29, 0.717) is 6.54 Å². The van der Waals surface area contributed by atoms with E-state index in [0.717, 1.165) is 18.8 Å². The van der Waals surface area contributed by atoms with Gasteiger partial charge in [-0.2, -0.15) is 0 Å². The van der Waals surface area contributed by atoms with Gasteiger partial charge in [-0.1, -0.05) is 41.6 Å². The van der Waals surface area contributed by atoms with E-state index in [1.807, 2.05) is 6.07 Å². The summed E-state index contributed by atoms with van der Waals surface area (Å²) in [5, 5.41) is 3.30. The molecule has 25 heavy (non-hydrogen) atoms. The van der Waals surface area contributed by atoms with E-state index in [1.165, 1.54) is 27.8 Å². The molecule has 1 fully saturated rings. The molecule has 4 nitrogen and oxygen atoms in total. The molecule has 1 saturated heterocycles. The second-order valence-corrected chi connectivity index (χ2v) is 7.38. The molecule has 5 heteroatoms. The third-order valence-corrected chi connectivity index (χ3v) is 5.47. The molecule has 0 saturated carbocycles. The van der Waals surface area contributed by atoms with Gasteiger partial charge in [0.25, 0.3) is 0 Å². The Kier molecular flexibility index (Phi) is 5.66. The summed E-state index contributed by atoms with van der Waals surface area (Å²) in [7, 11) is 0. The summed E-state index contributed by atoms with van der Waals surface area (Å²) >= 11 is 1.76. The Morgan fingerprint density at radius 3 is 2.76 bits per heavy atom. The summed E-state index contributed by atoms with van der Waals surface area (Å²) in [6, 6.07) is 14.8. The van der Waals surface area contributed by atoms with Gasteiger partial charge in [-0.05, 0) is 37.6 Å². The highest BCUT2D eigenvalue weighted by atomic mass is 32.2. The number of aryl methyl sites for hydroxylation is 2. The van der Waals surface area contributed by atoms with Crippen molar-refractivity contribution in [3.8, 4) is 0 Å². The molecule has 1 aliphatic heterocycles. The van der Waals surface area contributed by atoms with Crippen LogP contribution in [0, 0.1) is 13.8 Å². The smallest absolute Gasteiger partial charge is 0.304 e. The van der Waals surface area contributed by atoms with Crippen LogP contribution in [0.1, 0.15) is 18.1 Å². The third-order valence-electron chi connectivity index (χ3n) is 4.22. The Balaban J connectivity index is 1.90. The number of nitrogens with zero attached hydrogens (tertiary/aromatic N) is 1. The van der Waals surface area contributed by atoms with Crippen molar-refractivity contribution in [2.45, 2.75) is 36.8 Å². The van der Waals surface area contributed by atoms with Crippen LogP contribution in [0.2, 0.25) is 0 Å². The van der Waals surface area contributed by atoms with E-state index in [4.69, 9.17) is 4.74 Å². The molecule has 3 rings (SSSR count). The number of hydrogen-bond donors (Lipinski definition) is 1. The topological polar surface area (TPSA) is 41.6 Å². The lowest BCUT2D eigenvalue weighted by molar-refractivity contribution is -0.146. The largest absolute Gasteiger partial charge is 0.440 e. The number of anilines is 1. The van der Waals surface area contributed by atoms with Crippen LogP contribution in [0.4, 0.5) is 5.69 Å². The normalized spacial score (nSPS) is 17.4. The number of esters is 1. The highest BCUT2D eigenvalue weighted by Crippen LogP contribution is 2.38. The average molecular weight is 356 g/mol. The van der Waals surface area contributed by atoms with Crippen LogP contribution in [-0.2, 0) is 9.53 Å². The molecule has 0 amide bonds. The Morgan fingerprint density at radius 1 is 1.20 bits per heavy atom. The van der Waals surface area contributed by atoms with Crippen molar-refractivity contribution >= 4 is 23.4 Å². The summed E-state index contributed by atoms with van der Waals surface area (Å²) < 4.78 is 5.52. The number of carbonyl (C=O) groups is 1. The van der Waals surface area contributed by atoms with Gasteiger partial charge in [0.1, 0.15) is 0 Å². The number of benzene rings is 2. The van der Waals surface area contributed by atoms with Crippen molar-refractivity contribution in [2.75, 3.05) is 24.5 Å². The van der Waals surface area contributed by atoms with Gasteiger partial charge in [0.05, 0.1) is 12.2 Å². The molecule has 0 radical (unpaired) electrons. The van der Waals surface area contributed by atoms with Gasteiger partial charge in [0.15, 0.2) is 6.23 Å². The van der Waals surface area contributed by atoms with E-state index < -0.39 is 0 Å². The standard InChI is InChI=1S/C20H24N2O2S/c1-14-8-9-18(15(2)12-14)25-19-7-5-4-6-17(19)22-11-10-21-13-20(22)24-16(3)23/h4-9,12,20-21H,10-11,13H2,1-3H3. The number of carbonyl (C=O) groups excluding carboxylic acids is 1. The first-order valence-electron chi connectivity index (χ1n) is 8.53. The van der Waals surface area contributed by atoms with E-state index in [-0.39, 0.29) is 12.2 Å². The predicted molar refractivity (Wildman–Crippen MR) is 102 cm³/mol. The van der Waals surface area contributed by atoms with Crippen LogP contribution in [0.5, 0.6) is 0 Å². The van der Waals surface area contributed by atoms with Crippen LogP contribution in [0.15, 0.2) is 52.3 Å². The first-order valence-corrected chi connectivity index (χ1v) is 9.35.